The van der Waals surface area contributed by atoms with Gasteiger partial charge in [0.1, 0.15) is 11.1 Å². The van der Waals surface area contributed by atoms with Gasteiger partial charge in [0.2, 0.25) is 5.88 Å². The third kappa shape index (κ3) is 3.64. The number of ether oxygens (including phenoxy) is 1. The zero-order valence-electron chi connectivity index (χ0n) is 11.4. The quantitative estimate of drug-likeness (QED) is 0.784. The molecule has 1 aliphatic rings. The SMILES string of the molecule is CN(C)CCC1CN(C)C(=S)c2cc(Br)cnc2O1. The normalized spacial score (nSPS) is 19.1. The summed E-state index contributed by atoms with van der Waals surface area (Å²) in [4.78, 5) is 9.35. The van der Waals surface area contributed by atoms with Crippen LogP contribution >= 0.6 is 28.1 Å². The van der Waals surface area contributed by atoms with Crippen molar-refractivity contribution in [1.82, 2.24) is 14.8 Å². The van der Waals surface area contributed by atoms with Crippen LogP contribution in [0.15, 0.2) is 16.7 Å². The number of hydrogen-bond donors (Lipinski definition) is 0. The highest BCUT2D eigenvalue weighted by Crippen LogP contribution is 2.26. The lowest BCUT2D eigenvalue weighted by molar-refractivity contribution is 0.154. The molecule has 0 aliphatic carbocycles. The van der Waals surface area contributed by atoms with E-state index in [4.69, 9.17) is 17.0 Å². The summed E-state index contributed by atoms with van der Waals surface area (Å²) in [6.45, 7) is 1.78. The first-order chi connectivity index (χ1) is 8.97. The molecule has 6 heteroatoms. The Labute approximate surface area is 127 Å². The van der Waals surface area contributed by atoms with E-state index >= 15 is 0 Å². The molecule has 1 aromatic heterocycles. The van der Waals surface area contributed by atoms with E-state index in [0.29, 0.717) is 5.88 Å². The molecule has 1 aromatic rings. The molecule has 0 N–H and O–H groups in total. The minimum Gasteiger partial charge on any atom is -0.472 e. The van der Waals surface area contributed by atoms with Crippen LogP contribution in [0.4, 0.5) is 0 Å². The minimum atomic E-state index is 0.111. The van der Waals surface area contributed by atoms with E-state index in [1.807, 2.05) is 13.1 Å². The molecule has 0 saturated heterocycles. The van der Waals surface area contributed by atoms with Gasteiger partial charge in [-0.15, -0.1) is 0 Å². The van der Waals surface area contributed by atoms with Crippen LogP contribution in [0.5, 0.6) is 5.88 Å². The van der Waals surface area contributed by atoms with E-state index in [1.54, 1.807) is 6.20 Å². The molecule has 1 unspecified atom stereocenters. The maximum Gasteiger partial charge on any atom is 0.224 e. The minimum absolute atomic E-state index is 0.111. The second-order valence-corrected chi connectivity index (χ2v) is 6.33. The summed E-state index contributed by atoms with van der Waals surface area (Å²) in [5.74, 6) is 0.640. The predicted molar refractivity (Wildman–Crippen MR) is 83.9 cm³/mol. The van der Waals surface area contributed by atoms with Crippen LogP contribution in [0, 0.1) is 0 Å². The van der Waals surface area contributed by atoms with Gasteiger partial charge in [-0.05, 0) is 42.5 Å². The van der Waals surface area contributed by atoms with Crippen LogP contribution in [-0.4, -0.2) is 60.1 Å². The highest BCUT2D eigenvalue weighted by atomic mass is 79.9. The monoisotopic (exact) mass is 343 g/mol. The highest BCUT2D eigenvalue weighted by molar-refractivity contribution is 9.10. The van der Waals surface area contributed by atoms with Gasteiger partial charge in [-0.1, -0.05) is 12.2 Å². The lowest BCUT2D eigenvalue weighted by Gasteiger charge is -2.22. The smallest absolute Gasteiger partial charge is 0.224 e. The molecule has 0 bridgehead atoms. The summed E-state index contributed by atoms with van der Waals surface area (Å²) in [5, 5.41) is 0. The highest BCUT2D eigenvalue weighted by Gasteiger charge is 2.25. The summed E-state index contributed by atoms with van der Waals surface area (Å²) in [5.41, 5.74) is 0.888. The fraction of sp³-hybridized carbons (Fsp3) is 0.538. The Bertz CT molecular complexity index is 481. The Morgan fingerprint density at radius 2 is 2.32 bits per heavy atom. The molecule has 0 amide bonds. The van der Waals surface area contributed by atoms with E-state index in [1.165, 1.54) is 0 Å². The maximum absolute atomic E-state index is 6.02. The van der Waals surface area contributed by atoms with Crippen molar-refractivity contribution in [3.63, 3.8) is 0 Å². The number of pyridine rings is 1. The van der Waals surface area contributed by atoms with Crippen molar-refractivity contribution in [3.05, 3.63) is 22.3 Å². The van der Waals surface area contributed by atoms with E-state index in [0.717, 1.165) is 34.5 Å². The molecular weight excluding hydrogens is 326 g/mol. The lowest BCUT2D eigenvalue weighted by Crippen LogP contribution is -2.35. The first-order valence-corrected chi connectivity index (χ1v) is 7.40. The van der Waals surface area contributed by atoms with E-state index in [2.05, 4.69) is 44.8 Å². The van der Waals surface area contributed by atoms with Crippen LogP contribution in [-0.2, 0) is 0 Å². The summed E-state index contributed by atoms with van der Waals surface area (Å²) in [6.07, 6.45) is 2.81. The second kappa shape index (κ2) is 6.15. The second-order valence-electron chi connectivity index (χ2n) is 5.02. The van der Waals surface area contributed by atoms with Gasteiger partial charge in [-0.2, -0.15) is 0 Å². The molecule has 19 heavy (non-hydrogen) atoms. The molecule has 4 nitrogen and oxygen atoms in total. The van der Waals surface area contributed by atoms with Crippen molar-refractivity contribution < 1.29 is 4.74 Å². The first kappa shape index (κ1) is 14.7. The third-order valence-electron chi connectivity index (χ3n) is 3.05. The topological polar surface area (TPSA) is 28.6 Å². The summed E-state index contributed by atoms with van der Waals surface area (Å²) in [6, 6.07) is 1.97. The van der Waals surface area contributed by atoms with Crippen molar-refractivity contribution >= 4 is 33.1 Å². The van der Waals surface area contributed by atoms with Crippen molar-refractivity contribution in [2.24, 2.45) is 0 Å². The fourth-order valence-corrected chi connectivity index (χ4v) is 2.57. The molecule has 1 atom stereocenters. The Hall–Kier alpha value is -0.720. The van der Waals surface area contributed by atoms with Crippen molar-refractivity contribution in [2.75, 3.05) is 34.2 Å². The van der Waals surface area contributed by atoms with Crippen LogP contribution < -0.4 is 4.74 Å². The summed E-state index contributed by atoms with van der Waals surface area (Å²) < 4.78 is 6.93. The zero-order valence-corrected chi connectivity index (χ0v) is 13.8. The largest absolute Gasteiger partial charge is 0.472 e. The maximum atomic E-state index is 6.02. The number of rotatable bonds is 3. The Morgan fingerprint density at radius 3 is 3.00 bits per heavy atom. The summed E-state index contributed by atoms with van der Waals surface area (Å²) in [7, 11) is 6.13. The molecule has 1 aliphatic heterocycles. The van der Waals surface area contributed by atoms with Gasteiger partial charge >= 0.3 is 0 Å². The van der Waals surface area contributed by atoms with Crippen molar-refractivity contribution in [1.29, 1.82) is 0 Å². The van der Waals surface area contributed by atoms with Gasteiger partial charge in [0.05, 0.1) is 12.1 Å². The molecule has 2 heterocycles. The molecule has 104 valence electrons. The molecule has 0 aromatic carbocycles. The van der Waals surface area contributed by atoms with Crippen LogP contribution in [0.3, 0.4) is 0 Å². The molecular formula is C13H18BrN3OS. The van der Waals surface area contributed by atoms with Crippen LogP contribution in [0.1, 0.15) is 12.0 Å². The molecule has 0 fully saturated rings. The number of aromatic nitrogens is 1. The van der Waals surface area contributed by atoms with Crippen molar-refractivity contribution in [3.8, 4) is 5.88 Å². The Kier molecular flexibility index (Phi) is 4.76. The van der Waals surface area contributed by atoms with E-state index in [-0.39, 0.29) is 6.10 Å². The third-order valence-corrected chi connectivity index (χ3v) is 4.01. The Balaban J connectivity index is 2.22. The van der Waals surface area contributed by atoms with Gasteiger partial charge in [0.15, 0.2) is 0 Å². The van der Waals surface area contributed by atoms with Crippen molar-refractivity contribution in [2.45, 2.75) is 12.5 Å². The molecule has 2 rings (SSSR count). The average molecular weight is 344 g/mol. The van der Waals surface area contributed by atoms with E-state index in [9.17, 15) is 0 Å². The van der Waals surface area contributed by atoms with Gasteiger partial charge in [0.25, 0.3) is 0 Å². The van der Waals surface area contributed by atoms with E-state index < -0.39 is 0 Å². The molecule has 0 spiro atoms. The van der Waals surface area contributed by atoms with Gasteiger partial charge in [-0.3, -0.25) is 0 Å². The first-order valence-electron chi connectivity index (χ1n) is 6.19. The number of nitrogens with zero attached hydrogens (tertiary/aromatic N) is 3. The fourth-order valence-electron chi connectivity index (χ4n) is 2.02. The van der Waals surface area contributed by atoms with Crippen LogP contribution in [0.2, 0.25) is 0 Å². The number of likely N-dealkylation sites (N-methyl/N-ethyl adjacent to an activating group) is 1. The standard InChI is InChI=1S/C13H18BrN3OS/c1-16(2)5-4-10-8-17(3)13(19)11-6-9(14)7-15-12(11)18-10/h6-7,10H,4-5,8H2,1-3H3. The van der Waals surface area contributed by atoms with Gasteiger partial charge in [-0.25, -0.2) is 4.98 Å². The lowest BCUT2D eigenvalue weighted by atomic mass is 10.2. The number of halogens is 1. The van der Waals surface area contributed by atoms with Gasteiger partial charge in [0, 0.05) is 24.3 Å². The predicted octanol–water partition coefficient (Wildman–Crippen LogP) is 2.16. The summed E-state index contributed by atoms with van der Waals surface area (Å²) >= 11 is 8.92. The molecule has 0 saturated carbocycles. The van der Waals surface area contributed by atoms with Crippen LogP contribution in [0.25, 0.3) is 0 Å². The number of hydrogen-bond acceptors (Lipinski definition) is 4. The zero-order chi connectivity index (χ0) is 14.0. The number of fused-ring (bicyclic) bond motifs is 1. The number of thiocarbonyl (C=S) groups is 1. The molecule has 0 radical (unpaired) electrons. The van der Waals surface area contributed by atoms with Gasteiger partial charge < -0.3 is 14.5 Å². The average Bonchev–Trinajstić information content (AvgIpc) is 2.47. The Morgan fingerprint density at radius 1 is 1.58 bits per heavy atom.